The highest BCUT2D eigenvalue weighted by Crippen LogP contribution is 2.17. The molecule has 0 saturated carbocycles. The SMILES string of the molecule is Cc1cc(O[C@@H](C)CC(=O)O)ccc1F. The summed E-state index contributed by atoms with van der Waals surface area (Å²) in [5.41, 5.74) is 0.482. The van der Waals surface area contributed by atoms with E-state index in [1.807, 2.05) is 0 Å². The summed E-state index contributed by atoms with van der Waals surface area (Å²) in [5, 5.41) is 8.52. The Bertz CT molecular complexity index is 363. The Morgan fingerprint density at radius 3 is 2.80 bits per heavy atom. The van der Waals surface area contributed by atoms with Crippen molar-refractivity contribution in [2.24, 2.45) is 0 Å². The number of aryl methyl sites for hydroxylation is 1. The third-order valence-corrected chi connectivity index (χ3v) is 1.93. The van der Waals surface area contributed by atoms with E-state index in [2.05, 4.69) is 0 Å². The summed E-state index contributed by atoms with van der Waals surface area (Å²) >= 11 is 0. The molecule has 1 N–H and O–H groups in total. The standard InChI is InChI=1S/C11H13FO3/c1-7-5-9(3-4-10(7)12)15-8(2)6-11(13)14/h3-5,8H,6H2,1-2H3,(H,13,14)/t8-/m0/s1. The maximum absolute atomic E-state index is 12.9. The third kappa shape index (κ3) is 3.58. The van der Waals surface area contributed by atoms with E-state index in [-0.39, 0.29) is 12.2 Å². The van der Waals surface area contributed by atoms with Crippen LogP contribution in [0.1, 0.15) is 18.9 Å². The number of halogens is 1. The van der Waals surface area contributed by atoms with Crippen LogP contribution in [0.2, 0.25) is 0 Å². The average molecular weight is 212 g/mol. The molecule has 0 spiro atoms. The van der Waals surface area contributed by atoms with Crippen LogP contribution >= 0.6 is 0 Å². The van der Waals surface area contributed by atoms with Crippen LogP contribution < -0.4 is 4.74 Å². The predicted molar refractivity (Wildman–Crippen MR) is 53.5 cm³/mol. The number of rotatable bonds is 4. The smallest absolute Gasteiger partial charge is 0.307 e. The zero-order valence-corrected chi connectivity index (χ0v) is 8.66. The molecule has 1 aromatic rings. The molecule has 0 heterocycles. The molecule has 0 amide bonds. The Balaban J connectivity index is 2.64. The molecule has 0 aliphatic heterocycles. The van der Waals surface area contributed by atoms with Crippen molar-refractivity contribution in [3.63, 3.8) is 0 Å². The molecule has 1 atom stereocenters. The first-order valence-corrected chi connectivity index (χ1v) is 4.63. The summed E-state index contributed by atoms with van der Waals surface area (Å²) in [6, 6.07) is 4.34. The van der Waals surface area contributed by atoms with E-state index in [4.69, 9.17) is 9.84 Å². The van der Waals surface area contributed by atoms with Crippen LogP contribution in [0.3, 0.4) is 0 Å². The lowest BCUT2D eigenvalue weighted by molar-refractivity contribution is -0.138. The average Bonchev–Trinajstić information content (AvgIpc) is 2.10. The van der Waals surface area contributed by atoms with E-state index in [0.717, 1.165) is 0 Å². The molecule has 4 heteroatoms. The van der Waals surface area contributed by atoms with Crippen molar-refractivity contribution in [3.05, 3.63) is 29.6 Å². The van der Waals surface area contributed by atoms with Crippen molar-refractivity contribution in [1.29, 1.82) is 0 Å². The second kappa shape index (κ2) is 4.77. The Kier molecular flexibility index (Phi) is 3.66. The van der Waals surface area contributed by atoms with Crippen LogP contribution in [0.5, 0.6) is 5.75 Å². The predicted octanol–water partition coefficient (Wildman–Crippen LogP) is 2.38. The summed E-state index contributed by atoms with van der Waals surface area (Å²) in [7, 11) is 0. The highest BCUT2D eigenvalue weighted by Gasteiger charge is 2.09. The van der Waals surface area contributed by atoms with Crippen LogP contribution in [0.15, 0.2) is 18.2 Å². The Hall–Kier alpha value is -1.58. The van der Waals surface area contributed by atoms with Gasteiger partial charge in [-0.15, -0.1) is 0 Å². The topological polar surface area (TPSA) is 46.5 Å². The number of benzene rings is 1. The van der Waals surface area contributed by atoms with Gasteiger partial charge in [0, 0.05) is 0 Å². The summed E-state index contributed by atoms with van der Waals surface area (Å²) in [6.45, 7) is 3.29. The lowest BCUT2D eigenvalue weighted by Gasteiger charge is -2.12. The second-order valence-electron chi connectivity index (χ2n) is 3.44. The lowest BCUT2D eigenvalue weighted by Crippen LogP contribution is -2.16. The molecule has 82 valence electrons. The molecule has 3 nitrogen and oxygen atoms in total. The molecular formula is C11H13FO3. The molecule has 1 aromatic carbocycles. The number of carboxylic acid groups (broad SMARTS) is 1. The van der Waals surface area contributed by atoms with Crippen LogP contribution in [-0.2, 0) is 4.79 Å². The fourth-order valence-corrected chi connectivity index (χ4v) is 1.21. The molecule has 0 saturated heterocycles. The van der Waals surface area contributed by atoms with Gasteiger partial charge >= 0.3 is 5.97 Å². The van der Waals surface area contributed by atoms with E-state index in [1.165, 1.54) is 12.1 Å². The molecule has 0 bridgehead atoms. The molecule has 0 aromatic heterocycles. The molecule has 0 fully saturated rings. The number of hydrogen-bond acceptors (Lipinski definition) is 2. The van der Waals surface area contributed by atoms with Gasteiger partial charge in [-0.1, -0.05) is 0 Å². The van der Waals surface area contributed by atoms with Crippen molar-refractivity contribution in [3.8, 4) is 5.75 Å². The van der Waals surface area contributed by atoms with Crippen molar-refractivity contribution in [1.82, 2.24) is 0 Å². The van der Waals surface area contributed by atoms with Gasteiger partial charge in [-0.25, -0.2) is 4.39 Å². The number of hydrogen-bond donors (Lipinski definition) is 1. The van der Waals surface area contributed by atoms with E-state index in [1.54, 1.807) is 19.9 Å². The van der Waals surface area contributed by atoms with Gasteiger partial charge in [0.25, 0.3) is 0 Å². The maximum atomic E-state index is 12.9. The minimum absolute atomic E-state index is 0.0730. The minimum Gasteiger partial charge on any atom is -0.490 e. The van der Waals surface area contributed by atoms with Gasteiger partial charge in [0.2, 0.25) is 0 Å². The molecule has 1 rings (SSSR count). The van der Waals surface area contributed by atoms with Gasteiger partial charge in [0.1, 0.15) is 17.7 Å². The van der Waals surface area contributed by atoms with Crippen molar-refractivity contribution >= 4 is 5.97 Å². The molecule has 0 aliphatic rings. The fourth-order valence-electron chi connectivity index (χ4n) is 1.21. The van der Waals surface area contributed by atoms with Gasteiger partial charge in [0.15, 0.2) is 0 Å². The van der Waals surface area contributed by atoms with Crippen LogP contribution in [0.4, 0.5) is 4.39 Å². The lowest BCUT2D eigenvalue weighted by atomic mass is 10.2. The fraction of sp³-hybridized carbons (Fsp3) is 0.364. The normalized spacial score (nSPS) is 12.2. The third-order valence-electron chi connectivity index (χ3n) is 1.93. The van der Waals surface area contributed by atoms with E-state index >= 15 is 0 Å². The minimum atomic E-state index is -0.915. The van der Waals surface area contributed by atoms with Crippen molar-refractivity contribution < 1.29 is 19.0 Å². The van der Waals surface area contributed by atoms with Gasteiger partial charge < -0.3 is 9.84 Å². The summed E-state index contributed by atoms with van der Waals surface area (Å²) in [4.78, 5) is 10.4. The second-order valence-corrected chi connectivity index (χ2v) is 3.44. The maximum Gasteiger partial charge on any atom is 0.307 e. The largest absolute Gasteiger partial charge is 0.490 e. The van der Waals surface area contributed by atoms with E-state index < -0.39 is 12.1 Å². The van der Waals surface area contributed by atoms with Gasteiger partial charge in [-0.2, -0.15) is 0 Å². The number of aliphatic carboxylic acids is 1. The monoisotopic (exact) mass is 212 g/mol. The zero-order chi connectivity index (χ0) is 11.4. The first-order chi connectivity index (χ1) is 6.99. The highest BCUT2D eigenvalue weighted by atomic mass is 19.1. The Labute approximate surface area is 87.5 Å². The van der Waals surface area contributed by atoms with Crippen LogP contribution in [0.25, 0.3) is 0 Å². The summed E-state index contributed by atoms with van der Waals surface area (Å²) < 4.78 is 18.2. The van der Waals surface area contributed by atoms with E-state index in [9.17, 15) is 9.18 Å². The molecule has 0 aliphatic carbocycles. The van der Waals surface area contributed by atoms with Crippen molar-refractivity contribution in [2.45, 2.75) is 26.4 Å². The van der Waals surface area contributed by atoms with Gasteiger partial charge in [-0.3, -0.25) is 4.79 Å². The van der Waals surface area contributed by atoms with Gasteiger partial charge in [-0.05, 0) is 37.6 Å². The molecule has 0 unspecified atom stereocenters. The van der Waals surface area contributed by atoms with Gasteiger partial charge in [0.05, 0.1) is 6.42 Å². The number of ether oxygens (including phenoxy) is 1. The summed E-state index contributed by atoms with van der Waals surface area (Å²) in [5.74, 6) is -0.725. The zero-order valence-electron chi connectivity index (χ0n) is 8.66. The quantitative estimate of drug-likeness (QED) is 0.833. The summed E-state index contributed by atoms with van der Waals surface area (Å²) in [6.07, 6.45) is -0.497. The highest BCUT2D eigenvalue weighted by molar-refractivity contribution is 5.67. The van der Waals surface area contributed by atoms with Crippen molar-refractivity contribution in [2.75, 3.05) is 0 Å². The Morgan fingerprint density at radius 1 is 1.60 bits per heavy atom. The first kappa shape index (κ1) is 11.5. The van der Waals surface area contributed by atoms with E-state index in [0.29, 0.717) is 11.3 Å². The molecule has 15 heavy (non-hydrogen) atoms. The number of carbonyl (C=O) groups is 1. The van der Waals surface area contributed by atoms with Crippen LogP contribution in [0, 0.1) is 12.7 Å². The molecular weight excluding hydrogens is 199 g/mol. The first-order valence-electron chi connectivity index (χ1n) is 4.63. The van der Waals surface area contributed by atoms with Crippen LogP contribution in [-0.4, -0.2) is 17.2 Å². The molecule has 0 radical (unpaired) electrons. The Morgan fingerprint density at radius 2 is 2.27 bits per heavy atom. The number of carboxylic acids is 1.